The number of nitrogens with zero attached hydrogens (tertiary/aromatic N) is 1. The van der Waals surface area contributed by atoms with Gasteiger partial charge in [-0.1, -0.05) is 0 Å². The van der Waals surface area contributed by atoms with Gasteiger partial charge in [0.2, 0.25) is 10.0 Å². The number of rotatable bonds is 2. The highest BCUT2D eigenvalue weighted by Crippen LogP contribution is 2.48. The van der Waals surface area contributed by atoms with E-state index < -0.39 is 10.0 Å². The Labute approximate surface area is 103 Å². The molecule has 6 heteroatoms. The van der Waals surface area contributed by atoms with Gasteiger partial charge in [-0.05, 0) is 44.7 Å². The van der Waals surface area contributed by atoms with Crippen LogP contribution in [0.2, 0.25) is 0 Å². The first-order valence-electron chi connectivity index (χ1n) is 5.87. The van der Waals surface area contributed by atoms with Crippen LogP contribution >= 0.6 is 12.4 Å². The van der Waals surface area contributed by atoms with Gasteiger partial charge in [-0.2, -0.15) is 4.31 Å². The zero-order chi connectivity index (χ0) is 10.6. The number of fused-ring (bicyclic) bond motifs is 5. The summed E-state index contributed by atoms with van der Waals surface area (Å²) in [7, 11) is -2.97. The van der Waals surface area contributed by atoms with E-state index in [0.29, 0.717) is 23.9 Å². The molecule has 0 aromatic heterocycles. The van der Waals surface area contributed by atoms with E-state index in [-0.39, 0.29) is 18.2 Å². The molecule has 3 saturated heterocycles. The van der Waals surface area contributed by atoms with E-state index in [1.54, 1.807) is 6.92 Å². The first kappa shape index (κ1) is 12.6. The summed E-state index contributed by atoms with van der Waals surface area (Å²) in [4.78, 5) is 0. The van der Waals surface area contributed by atoms with Crippen molar-refractivity contribution in [3.8, 4) is 0 Å². The molecule has 0 unspecified atom stereocenters. The van der Waals surface area contributed by atoms with Crippen molar-refractivity contribution in [2.24, 2.45) is 11.8 Å². The van der Waals surface area contributed by atoms with Gasteiger partial charge >= 0.3 is 0 Å². The Morgan fingerprint density at radius 1 is 1.19 bits per heavy atom. The molecule has 3 aliphatic rings. The molecule has 1 N–H and O–H groups in total. The lowest BCUT2D eigenvalue weighted by molar-refractivity contribution is 0.354. The van der Waals surface area contributed by atoms with E-state index in [1.165, 1.54) is 0 Å². The number of halogens is 1. The fourth-order valence-corrected chi connectivity index (χ4v) is 5.42. The molecule has 0 amide bonds. The smallest absolute Gasteiger partial charge is 0.214 e. The lowest BCUT2D eigenvalue weighted by atomic mass is 9.82. The van der Waals surface area contributed by atoms with Crippen LogP contribution in [0.3, 0.4) is 0 Å². The maximum Gasteiger partial charge on any atom is 0.214 e. The Balaban J connectivity index is 0.000000963. The normalized spacial score (nSPS) is 42.1. The van der Waals surface area contributed by atoms with E-state index in [0.717, 1.165) is 25.9 Å². The van der Waals surface area contributed by atoms with Crippen LogP contribution in [0.1, 0.15) is 19.8 Å². The molecular weight excluding hydrogens is 248 g/mol. The van der Waals surface area contributed by atoms with Crippen LogP contribution in [-0.2, 0) is 10.0 Å². The summed E-state index contributed by atoms with van der Waals surface area (Å²) >= 11 is 0. The second-order valence-corrected chi connectivity index (χ2v) is 7.09. The minimum absolute atomic E-state index is 0. The minimum Gasteiger partial charge on any atom is -0.316 e. The van der Waals surface area contributed by atoms with E-state index in [1.807, 2.05) is 4.31 Å². The van der Waals surface area contributed by atoms with Crippen LogP contribution in [-0.4, -0.2) is 43.6 Å². The van der Waals surface area contributed by atoms with Crippen LogP contribution < -0.4 is 5.32 Å². The zero-order valence-electron chi connectivity index (χ0n) is 9.43. The van der Waals surface area contributed by atoms with Crippen molar-refractivity contribution in [1.82, 2.24) is 9.62 Å². The van der Waals surface area contributed by atoms with Gasteiger partial charge in [0, 0.05) is 12.1 Å². The summed E-state index contributed by atoms with van der Waals surface area (Å²) in [6.07, 6.45) is 2.15. The Morgan fingerprint density at radius 3 is 2.12 bits per heavy atom. The van der Waals surface area contributed by atoms with Crippen molar-refractivity contribution in [2.75, 3.05) is 18.8 Å². The van der Waals surface area contributed by atoms with Gasteiger partial charge in [-0.3, -0.25) is 0 Å². The standard InChI is InChI=1S/C10H18N2O2S.ClH/c1-2-15(13,14)12-9-3-4-10(12)8-6-11-5-7(8)9;/h7-11H,2-6H2,1H3;1H/t7-,8+,9-,10+;. The second-order valence-electron chi connectivity index (χ2n) is 4.93. The summed E-state index contributed by atoms with van der Waals surface area (Å²) in [6, 6.07) is 0.611. The SMILES string of the molecule is CCS(=O)(=O)N1[C@@H]2CC[C@H]1[C@H]1CNC[C@H]12.Cl. The predicted molar refractivity (Wildman–Crippen MR) is 65.2 cm³/mol. The van der Waals surface area contributed by atoms with E-state index >= 15 is 0 Å². The molecule has 3 rings (SSSR count). The van der Waals surface area contributed by atoms with E-state index in [2.05, 4.69) is 5.32 Å². The van der Waals surface area contributed by atoms with Crippen molar-refractivity contribution in [3.05, 3.63) is 0 Å². The topological polar surface area (TPSA) is 49.4 Å². The molecular formula is C10H19ClN2O2S. The highest BCUT2D eigenvalue weighted by Gasteiger charge is 2.57. The Bertz CT molecular complexity index is 355. The highest BCUT2D eigenvalue weighted by molar-refractivity contribution is 7.89. The Morgan fingerprint density at radius 2 is 1.69 bits per heavy atom. The number of sulfonamides is 1. The summed E-state index contributed by atoms with van der Waals surface area (Å²) in [6.45, 7) is 3.78. The van der Waals surface area contributed by atoms with Crippen LogP contribution in [0.15, 0.2) is 0 Å². The summed E-state index contributed by atoms with van der Waals surface area (Å²) in [5.41, 5.74) is 0. The summed E-state index contributed by atoms with van der Waals surface area (Å²) in [5.74, 6) is 1.43. The molecule has 3 fully saturated rings. The van der Waals surface area contributed by atoms with Gasteiger partial charge < -0.3 is 5.32 Å². The molecule has 0 saturated carbocycles. The summed E-state index contributed by atoms with van der Waals surface area (Å²) in [5, 5.41) is 3.39. The molecule has 4 nitrogen and oxygen atoms in total. The average Bonchev–Trinajstić information content (AvgIpc) is 2.88. The van der Waals surface area contributed by atoms with Crippen molar-refractivity contribution in [3.63, 3.8) is 0 Å². The average molecular weight is 267 g/mol. The fourth-order valence-electron chi connectivity index (χ4n) is 3.77. The number of hydrogen-bond acceptors (Lipinski definition) is 3. The molecule has 16 heavy (non-hydrogen) atoms. The molecule has 0 aromatic carbocycles. The molecule has 0 aliphatic carbocycles. The van der Waals surface area contributed by atoms with Crippen molar-refractivity contribution in [2.45, 2.75) is 31.8 Å². The van der Waals surface area contributed by atoms with Gasteiger partial charge in [-0.25, -0.2) is 8.42 Å². The van der Waals surface area contributed by atoms with Crippen LogP contribution in [0.4, 0.5) is 0 Å². The number of hydrogen-bond donors (Lipinski definition) is 1. The third kappa shape index (κ3) is 1.52. The Hall–Kier alpha value is 0.160. The van der Waals surface area contributed by atoms with Gasteiger partial charge in [0.25, 0.3) is 0 Å². The van der Waals surface area contributed by atoms with Crippen LogP contribution in [0.25, 0.3) is 0 Å². The molecule has 0 aromatic rings. The molecule has 0 radical (unpaired) electrons. The molecule has 94 valence electrons. The third-order valence-electron chi connectivity index (χ3n) is 4.40. The van der Waals surface area contributed by atoms with Crippen molar-refractivity contribution < 1.29 is 8.42 Å². The largest absolute Gasteiger partial charge is 0.316 e. The molecule has 4 atom stereocenters. The number of nitrogens with one attached hydrogen (secondary N) is 1. The second kappa shape index (κ2) is 4.12. The minimum atomic E-state index is -2.97. The van der Waals surface area contributed by atoms with Gasteiger partial charge in [0.05, 0.1) is 5.75 Å². The first-order valence-corrected chi connectivity index (χ1v) is 7.48. The fraction of sp³-hybridized carbons (Fsp3) is 1.00. The predicted octanol–water partition coefficient (Wildman–Crippen LogP) is 0.440. The maximum atomic E-state index is 12.0. The molecule has 3 aliphatic heterocycles. The van der Waals surface area contributed by atoms with E-state index in [9.17, 15) is 8.42 Å². The molecule has 2 bridgehead atoms. The van der Waals surface area contributed by atoms with Gasteiger partial charge in [-0.15, -0.1) is 12.4 Å². The van der Waals surface area contributed by atoms with Crippen molar-refractivity contribution >= 4 is 22.4 Å². The highest BCUT2D eigenvalue weighted by atomic mass is 35.5. The lowest BCUT2D eigenvalue weighted by Crippen LogP contribution is -2.40. The summed E-state index contributed by atoms with van der Waals surface area (Å²) < 4.78 is 25.8. The van der Waals surface area contributed by atoms with Crippen LogP contribution in [0.5, 0.6) is 0 Å². The monoisotopic (exact) mass is 266 g/mol. The first-order chi connectivity index (χ1) is 7.15. The van der Waals surface area contributed by atoms with Gasteiger partial charge in [0.15, 0.2) is 0 Å². The third-order valence-corrected chi connectivity index (χ3v) is 6.31. The van der Waals surface area contributed by atoms with Crippen molar-refractivity contribution in [1.29, 1.82) is 0 Å². The molecule has 0 spiro atoms. The zero-order valence-corrected chi connectivity index (χ0v) is 11.1. The van der Waals surface area contributed by atoms with Crippen LogP contribution in [0, 0.1) is 11.8 Å². The Kier molecular flexibility index (Phi) is 3.25. The quantitative estimate of drug-likeness (QED) is 0.789. The molecule has 3 heterocycles. The van der Waals surface area contributed by atoms with E-state index in [4.69, 9.17) is 0 Å². The van der Waals surface area contributed by atoms with Gasteiger partial charge in [0.1, 0.15) is 0 Å². The lowest BCUT2D eigenvalue weighted by Gasteiger charge is -2.22. The maximum absolute atomic E-state index is 12.0.